The van der Waals surface area contributed by atoms with Crippen LogP contribution in [0.2, 0.25) is 0 Å². The number of primary amides is 1. The molecule has 5 rings (SSSR count). The average molecular weight is 665 g/mol. The predicted molar refractivity (Wildman–Crippen MR) is 142 cm³/mol. The average Bonchev–Trinajstić information content (AvgIpc) is 3.61. The first-order valence-electron chi connectivity index (χ1n) is 12.7. The van der Waals surface area contributed by atoms with Gasteiger partial charge < -0.3 is 56.1 Å². The third-order valence-electron chi connectivity index (χ3n) is 6.90. The van der Waals surface area contributed by atoms with Crippen molar-refractivity contribution in [2.45, 2.75) is 49.1 Å². The van der Waals surface area contributed by atoms with Crippen LogP contribution in [0.1, 0.15) is 6.23 Å². The van der Waals surface area contributed by atoms with Crippen LogP contribution in [0.4, 0.5) is 5.82 Å². The number of nitrogens with two attached hydrogens (primary N) is 2. The highest BCUT2D eigenvalue weighted by Gasteiger charge is 2.48. The highest BCUT2D eigenvalue weighted by atomic mass is 31.3. The van der Waals surface area contributed by atoms with Gasteiger partial charge in [-0.1, -0.05) is 12.2 Å². The van der Waals surface area contributed by atoms with Crippen molar-refractivity contribution in [3.63, 3.8) is 0 Å². The van der Waals surface area contributed by atoms with Crippen molar-refractivity contribution in [2.75, 3.05) is 18.9 Å². The van der Waals surface area contributed by atoms with Gasteiger partial charge in [0.1, 0.15) is 48.5 Å². The Morgan fingerprint density at radius 3 is 2.00 bits per heavy atom. The Morgan fingerprint density at radius 1 is 0.886 bits per heavy atom. The molecule has 242 valence electrons. The summed E-state index contributed by atoms with van der Waals surface area (Å²) in [6.45, 7) is -1.77. The maximum Gasteiger partial charge on any atom is 0.481 e. The first kappa shape index (κ1) is 32.5. The van der Waals surface area contributed by atoms with Crippen LogP contribution in [-0.2, 0) is 36.8 Å². The fraction of sp³-hybridized carbons (Fsp3) is 0.524. The maximum atomic E-state index is 12.4. The molecule has 1 amide bonds. The lowest BCUT2D eigenvalue weighted by Gasteiger charge is -2.28. The summed E-state index contributed by atoms with van der Waals surface area (Å²) < 4.78 is 50.8. The zero-order valence-corrected chi connectivity index (χ0v) is 24.1. The molecule has 2 fully saturated rings. The number of imidazole rings is 1. The summed E-state index contributed by atoms with van der Waals surface area (Å²) in [5.41, 5.74) is 11.3. The second-order valence-corrected chi connectivity index (χ2v) is 12.9. The number of hydrogen-bond donors (Lipinski definition) is 8. The van der Waals surface area contributed by atoms with Gasteiger partial charge in [0.05, 0.1) is 25.5 Å². The van der Waals surface area contributed by atoms with Crippen LogP contribution in [0.3, 0.4) is 0 Å². The van der Waals surface area contributed by atoms with Crippen LogP contribution in [0.15, 0.2) is 37.2 Å². The molecule has 3 aliphatic heterocycles. The fourth-order valence-corrected chi connectivity index (χ4v) is 6.73. The molecule has 44 heavy (non-hydrogen) atoms. The van der Waals surface area contributed by atoms with E-state index in [1.807, 2.05) is 0 Å². The number of carbonyl (C=O) groups is 1. The number of nitrogen functional groups attached to an aromatic ring is 1. The van der Waals surface area contributed by atoms with E-state index in [2.05, 4.69) is 19.3 Å². The molecule has 0 radical (unpaired) electrons. The quantitative estimate of drug-likeness (QED) is 0.112. The molecule has 0 aliphatic carbocycles. The molecule has 23 heteroatoms. The number of aliphatic hydroxyl groups is 4. The van der Waals surface area contributed by atoms with E-state index in [0.717, 1.165) is 6.33 Å². The highest BCUT2D eigenvalue weighted by molar-refractivity contribution is 7.61. The summed E-state index contributed by atoms with van der Waals surface area (Å²) in [7, 11) is -10.7. The molecule has 10 N–H and O–H groups in total. The van der Waals surface area contributed by atoms with Crippen LogP contribution in [0.5, 0.6) is 0 Å². The number of carbonyl (C=O) groups excluding carboxylic acids is 1. The largest absolute Gasteiger partial charge is 0.481 e. The molecule has 2 saturated heterocycles. The Bertz CT molecular complexity index is 1530. The summed E-state index contributed by atoms with van der Waals surface area (Å²) in [4.78, 5) is 44.5. The molecule has 2 aromatic rings. The number of fused-ring (bicyclic) bond motifs is 1. The molecule has 0 spiro atoms. The van der Waals surface area contributed by atoms with Gasteiger partial charge in [0.15, 0.2) is 23.9 Å². The van der Waals surface area contributed by atoms with Crippen LogP contribution in [-0.4, -0.2) is 117 Å². The standard InChI is InChI=1S/C21H29N7O14P2/c22-17-12-19(25-7-24-17)28(8-26-12)21-16(32)14(30)11(41-21)6-39-44(36,37)42-43(34,35)38-5-10-13(29)15(31)20(40-10)27-3-1-9(2-4-27)18(23)33/h1-4,7-11,13-16,20-21,29-32H,5-6H2,(H2,23,33)(H,34,35)(H,36,37)(H2,22,24,25)/t10-,11-,13+,14-,15+,16-,20-,21-/m1/s1. The van der Waals surface area contributed by atoms with Crippen LogP contribution in [0.25, 0.3) is 11.2 Å². The zero-order chi connectivity index (χ0) is 32.0. The Kier molecular flexibility index (Phi) is 9.23. The molecule has 5 heterocycles. The first-order valence-corrected chi connectivity index (χ1v) is 15.7. The lowest BCUT2D eigenvalue weighted by atomic mass is 10.1. The van der Waals surface area contributed by atoms with E-state index in [1.165, 1.54) is 40.3 Å². The molecule has 2 unspecified atom stereocenters. The van der Waals surface area contributed by atoms with E-state index in [0.29, 0.717) is 0 Å². The second kappa shape index (κ2) is 12.5. The van der Waals surface area contributed by atoms with Crippen LogP contribution < -0.4 is 11.5 Å². The van der Waals surface area contributed by atoms with E-state index < -0.39 is 89.8 Å². The van der Waals surface area contributed by atoms with Crippen molar-refractivity contribution in [3.8, 4) is 0 Å². The summed E-state index contributed by atoms with van der Waals surface area (Å²) in [5, 5.41) is 41.6. The first-order chi connectivity index (χ1) is 20.7. The number of ether oxygens (including phenoxy) is 2. The van der Waals surface area contributed by atoms with Crippen LogP contribution >= 0.6 is 15.6 Å². The number of amides is 1. The van der Waals surface area contributed by atoms with Gasteiger partial charge in [-0.25, -0.2) is 24.1 Å². The number of hydrogen-bond acceptors (Lipinski definition) is 17. The smallest absolute Gasteiger partial charge is 0.387 e. The molecule has 21 nitrogen and oxygen atoms in total. The normalized spacial score (nSPS) is 33.5. The third kappa shape index (κ3) is 6.70. The van der Waals surface area contributed by atoms with E-state index in [1.54, 1.807) is 0 Å². The Morgan fingerprint density at radius 2 is 1.43 bits per heavy atom. The van der Waals surface area contributed by atoms with Gasteiger partial charge >= 0.3 is 15.6 Å². The lowest BCUT2D eigenvalue weighted by molar-refractivity contribution is -0.119. The minimum atomic E-state index is -5.36. The predicted octanol–water partition coefficient (Wildman–Crippen LogP) is -2.83. The van der Waals surface area contributed by atoms with Gasteiger partial charge in [0, 0.05) is 12.4 Å². The number of anilines is 1. The van der Waals surface area contributed by atoms with Gasteiger partial charge in [-0.15, -0.1) is 0 Å². The molecule has 0 aromatic carbocycles. The van der Waals surface area contributed by atoms with Gasteiger partial charge in [-0.05, 0) is 0 Å². The summed E-state index contributed by atoms with van der Waals surface area (Å²) in [5.74, 6) is -1.25. The van der Waals surface area contributed by atoms with Crippen molar-refractivity contribution in [2.24, 2.45) is 11.7 Å². The fourth-order valence-electron chi connectivity index (χ4n) is 4.64. The minimum absolute atomic E-state index is 0.0525. The number of nitrogens with zero attached hydrogens (tertiary/aromatic N) is 5. The number of aliphatic hydroxyl groups excluding tert-OH is 4. The van der Waals surface area contributed by atoms with E-state index >= 15 is 0 Å². The van der Waals surface area contributed by atoms with Gasteiger partial charge in [0.2, 0.25) is 5.91 Å². The summed E-state index contributed by atoms with van der Waals surface area (Å²) >= 11 is 0. The topological polar surface area (TPSA) is 318 Å². The molecule has 0 bridgehead atoms. The van der Waals surface area contributed by atoms with E-state index in [9.17, 15) is 44.1 Å². The number of phosphoric acid groups is 2. The third-order valence-corrected chi connectivity index (χ3v) is 9.50. The molecule has 10 atom stereocenters. The second-order valence-electron chi connectivity index (χ2n) is 9.84. The monoisotopic (exact) mass is 665 g/mol. The van der Waals surface area contributed by atoms with Crippen LogP contribution in [0, 0.1) is 5.92 Å². The van der Waals surface area contributed by atoms with Crippen molar-refractivity contribution in [1.82, 2.24) is 24.4 Å². The molecule has 0 saturated carbocycles. The van der Waals surface area contributed by atoms with Crippen molar-refractivity contribution in [1.29, 1.82) is 0 Å². The van der Waals surface area contributed by atoms with Gasteiger partial charge in [-0.2, -0.15) is 4.31 Å². The molecule has 3 aliphatic rings. The number of aromatic nitrogens is 4. The van der Waals surface area contributed by atoms with Crippen molar-refractivity contribution >= 4 is 38.5 Å². The number of rotatable bonds is 11. The highest BCUT2D eigenvalue weighted by Crippen LogP contribution is 2.60. The van der Waals surface area contributed by atoms with Crippen molar-refractivity contribution < 1.29 is 67.0 Å². The Labute approximate surface area is 247 Å². The SMILES string of the molecule is NC(=O)C1C=CN([C@@H]2O[C@H](COP(=O)(O)OP(=O)(O)OC[C@H]3O[C@@H](n4cnc5c(N)ncnc54)[C@H](O)[C@@H]3O)[C@H](O)[C@@H]2O)C=C1. The summed E-state index contributed by atoms with van der Waals surface area (Å²) in [6.07, 6.45) is -3.69. The minimum Gasteiger partial charge on any atom is -0.387 e. The lowest BCUT2D eigenvalue weighted by Crippen LogP contribution is -2.40. The molecular formula is C21H29N7O14P2. The van der Waals surface area contributed by atoms with E-state index in [4.69, 9.17) is 30.0 Å². The Balaban J connectivity index is 1.13. The Hall–Kier alpha value is -2.88. The number of phosphoric ester groups is 2. The summed E-state index contributed by atoms with van der Waals surface area (Å²) in [6, 6.07) is 0. The molecule has 2 aromatic heterocycles. The maximum absolute atomic E-state index is 12.4. The van der Waals surface area contributed by atoms with Crippen molar-refractivity contribution in [3.05, 3.63) is 37.2 Å². The zero-order valence-electron chi connectivity index (χ0n) is 22.3. The van der Waals surface area contributed by atoms with E-state index in [-0.39, 0.29) is 17.0 Å². The molecular weight excluding hydrogens is 636 g/mol. The van der Waals surface area contributed by atoms with Gasteiger partial charge in [-0.3, -0.25) is 18.4 Å². The van der Waals surface area contributed by atoms with Gasteiger partial charge in [0.25, 0.3) is 0 Å².